The van der Waals surface area contributed by atoms with Gasteiger partial charge in [0, 0.05) is 23.2 Å². The molecular weight excluding hydrogens is 462 g/mol. The van der Waals surface area contributed by atoms with Crippen molar-refractivity contribution in [2.45, 2.75) is 38.4 Å². The largest absolute Gasteiger partial charge is 0.325 e. The first-order valence-electron chi connectivity index (χ1n) is 11.3. The Labute approximate surface area is 207 Å². The van der Waals surface area contributed by atoms with E-state index >= 15 is 0 Å². The van der Waals surface area contributed by atoms with Crippen LogP contribution in [0.2, 0.25) is 0 Å². The summed E-state index contributed by atoms with van der Waals surface area (Å²) < 4.78 is 1.60. The van der Waals surface area contributed by atoms with Gasteiger partial charge in [0.05, 0.1) is 11.1 Å². The predicted molar refractivity (Wildman–Crippen MR) is 144 cm³/mol. The van der Waals surface area contributed by atoms with Crippen molar-refractivity contribution in [1.82, 2.24) is 9.55 Å². The average Bonchev–Trinajstić information content (AvgIpc) is 3.29. The highest BCUT2D eigenvalue weighted by Gasteiger charge is 2.18. The Morgan fingerprint density at radius 1 is 1.12 bits per heavy atom. The van der Waals surface area contributed by atoms with Crippen molar-refractivity contribution in [2.24, 2.45) is 0 Å². The van der Waals surface area contributed by atoms with Gasteiger partial charge in [-0.2, -0.15) is 0 Å². The number of nitrogens with zero attached hydrogens (tertiary/aromatic N) is 2. The first kappa shape index (κ1) is 24.0. The number of carbonyl (C=O) groups is 1. The van der Waals surface area contributed by atoms with Gasteiger partial charge in [-0.1, -0.05) is 80.2 Å². The zero-order valence-electron chi connectivity index (χ0n) is 19.3. The zero-order chi connectivity index (χ0) is 24.1. The maximum Gasteiger partial charge on any atom is 0.263 e. The summed E-state index contributed by atoms with van der Waals surface area (Å²) >= 11 is 2.72. The molecule has 0 spiro atoms. The molecular formula is C27H27N3O2S2. The Morgan fingerprint density at radius 3 is 2.47 bits per heavy atom. The van der Waals surface area contributed by atoms with Crippen molar-refractivity contribution in [3.63, 3.8) is 0 Å². The van der Waals surface area contributed by atoms with Gasteiger partial charge in [-0.3, -0.25) is 14.2 Å². The highest BCUT2D eigenvalue weighted by molar-refractivity contribution is 7.99. The smallest absolute Gasteiger partial charge is 0.263 e. The number of rotatable bonds is 9. The van der Waals surface area contributed by atoms with Crippen LogP contribution >= 0.6 is 23.1 Å². The number of nitrogens with one attached hydrogen (secondary N) is 1. The topological polar surface area (TPSA) is 64.0 Å². The molecule has 34 heavy (non-hydrogen) atoms. The normalized spacial score (nSPS) is 11.0. The van der Waals surface area contributed by atoms with Crippen LogP contribution in [-0.4, -0.2) is 21.2 Å². The molecule has 5 nitrogen and oxygen atoms in total. The number of carbonyl (C=O) groups excluding carboxylic acids is 1. The van der Waals surface area contributed by atoms with Gasteiger partial charge in [-0.05, 0) is 29.5 Å². The molecule has 2 heterocycles. The van der Waals surface area contributed by atoms with Crippen molar-refractivity contribution >= 4 is 44.9 Å². The van der Waals surface area contributed by atoms with Crippen molar-refractivity contribution in [3.05, 3.63) is 88.0 Å². The lowest BCUT2D eigenvalue weighted by molar-refractivity contribution is -0.113. The van der Waals surface area contributed by atoms with Crippen molar-refractivity contribution < 1.29 is 4.79 Å². The molecule has 0 atom stereocenters. The van der Waals surface area contributed by atoms with E-state index in [-0.39, 0.29) is 17.2 Å². The van der Waals surface area contributed by atoms with Gasteiger partial charge in [0.15, 0.2) is 5.16 Å². The second-order valence-electron chi connectivity index (χ2n) is 7.79. The lowest BCUT2D eigenvalue weighted by Gasteiger charge is -2.15. The number of anilines is 1. The maximum atomic E-state index is 13.5. The number of fused-ring (bicyclic) bond motifs is 1. The van der Waals surface area contributed by atoms with E-state index in [1.807, 2.05) is 53.9 Å². The fraction of sp³-hybridized carbons (Fsp3) is 0.222. The number of aromatic nitrogens is 2. The minimum Gasteiger partial charge on any atom is -0.325 e. The summed E-state index contributed by atoms with van der Waals surface area (Å²) in [7, 11) is 0. The van der Waals surface area contributed by atoms with Gasteiger partial charge in [-0.25, -0.2) is 4.98 Å². The van der Waals surface area contributed by atoms with E-state index in [9.17, 15) is 9.59 Å². The molecule has 7 heteroatoms. The molecule has 0 aliphatic carbocycles. The minimum atomic E-state index is -0.115. The van der Waals surface area contributed by atoms with E-state index in [4.69, 9.17) is 4.98 Å². The average molecular weight is 490 g/mol. The van der Waals surface area contributed by atoms with Gasteiger partial charge >= 0.3 is 0 Å². The Balaban J connectivity index is 1.63. The van der Waals surface area contributed by atoms with E-state index in [2.05, 4.69) is 25.7 Å². The molecule has 0 aliphatic rings. The van der Waals surface area contributed by atoms with Gasteiger partial charge < -0.3 is 5.32 Å². The summed E-state index contributed by atoms with van der Waals surface area (Å²) in [6, 6.07) is 16.0. The standard InChI is InChI=1S/C27H27N3O2S2/c1-4-15-30-26(32)23-21(20-11-8-7-9-12-20)16-33-25(23)29-27(30)34-17-22(31)28-24-18(5-2)13-10-14-19(24)6-3/h4,7-14,16H,1,5-6,15,17H2,2-3H3,(H,28,31). The number of thiophene rings is 1. The highest BCUT2D eigenvalue weighted by atomic mass is 32.2. The fourth-order valence-corrected chi connectivity index (χ4v) is 5.74. The van der Waals surface area contributed by atoms with Crippen LogP contribution in [0.5, 0.6) is 0 Å². The summed E-state index contributed by atoms with van der Waals surface area (Å²) in [5, 5.41) is 6.19. The summed E-state index contributed by atoms with van der Waals surface area (Å²) in [6.45, 7) is 8.29. The highest BCUT2D eigenvalue weighted by Crippen LogP contribution is 2.32. The number of hydrogen-bond acceptors (Lipinski definition) is 5. The number of thioether (sulfide) groups is 1. The maximum absolute atomic E-state index is 13.5. The number of para-hydroxylation sites is 1. The monoisotopic (exact) mass is 489 g/mol. The first-order chi connectivity index (χ1) is 16.6. The van der Waals surface area contributed by atoms with Crippen molar-refractivity contribution in [1.29, 1.82) is 0 Å². The molecule has 174 valence electrons. The second-order valence-corrected chi connectivity index (χ2v) is 9.59. The van der Waals surface area contributed by atoms with Crippen LogP contribution in [0.25, 0.3) is 21.3 Å². The van der Waals surface area contributed by atoms with E-state index in [1.54, 1.807) is 10.6 Å². The van der Waals surface area contributed by atoms with Crippen LogP contribution in [0.1, 0.15) is 25.0 Å². The molecule has 0 bridgehead atoms. The molecule has 2 aromatic heterocycles. The summed E-state index contributed by atoms with van der Waals surface area (Å²) in [6.07, 6.45) is 3.37. The quantitative estimate of drug-likeness (QED) is 0.174. The van der Waals surface area contributed by atoms with Gasteiger partial charge in [0.2, 0.25) is 5.91 Å². The van der Waals surface area contributed by atoms with Gasteiger partial charge in [-0.15, -0.1) is 17.9 Å². The van der Waals surface area contributed by atoms with Crippen LogP contribution < -0.4 is 10.9 Å². The molecule has 0 fully saturated rings. The SMILES string of the molecule is C=CCn1c(SCC(=O)Nc2c(CC)cccc2CC)nc2scc(-c3ccccc3)c2c1=O. The molecule has 0 unspecified atom stereocenters. The van der Waals surface area contributed by atoms with E-state index in [1.165, 1.54) is 23.1 Å². The molecule has 4 aromatic rings. The fourth-order valence-electron chi connectivity index (χ4n) is 3.94. The van der Waals surface area contributed by atoms with Crippen LogP contribution in [-0.2, 0) is 24.2 Å². The number of allylic oxidation sites excluding steroid dienone is 1. The Bertz CT molecular complexity index is 1370. The summed E-state index contributed by atoms with van der Waals surface area (Å²) in [5.41, 5.74) is 4.89. The molecule has 1 amide bonds. The lowest BCUT2D eigenvalue weighted by Crippen LogP contribution is -2.24. The van der Waals surface area contributed by atoms with Crippen LogP contribution in [0.15, 0.2) is 76.5 Å². The third kappa shape index (κ3) is 4.86. The van der Waals surface area contributed by atoms with Gasteiger partial charge in [0.1, 0.15) is 4.83 Å². The van der Waals surface area contributed by atoms with Crippen molar-refractivity contribution in [2.75, 3.05) is 11.1 Å². The van der Waals surface area contributed by atoms with E-state index < -0.39 is 0 Å². The Kier molecular flexibility index (Phi) is 7.65. The Morgan fingerprint density at radius 2 is 1.82 bits per heavy atom. The molecule has 2 aromatic carbocycles. The number of amides is 1. The molecule has 0 radical (unpaired) electrons. The zero-order valence-corrected chi connectivity index (χ0v) is 21.0. The third-order valence-electron chi connectivity index (χ3n) is 5.65. The molecule has 0 saturated heterocycles. The Hall–Kier alpha value is -3.16. The van der Waals surface area contributed by atoms with Crippen LogP contribution in [0.4, 0.5) is 5.69 Å². The molecule has 0 saturated carbocycles. The number of aryl methyl sites for hydroxylation is 2. The first-order valence-corrected chi connectivity index (χ1v) is 13.2. The number of hydrogen-bond donors (Lipinski definition) is 1. The molecule has 0 aliphatic heterocycles. The lowest BCUT2D eigenvalue weighted by atomic mass is 10.0. The van der Waals surface area contributed by atoms with Gasteiger partial charge in [0.25, 0.3) is 5.56 Å². The second kappa shape index (κ2) is 10.8. The third-order valence-corrected chi connectivity index (χ3v) is 7.50. The van der Waals surface area contributed by atoms with Crippen LogP contribution in [0, 0.1) is 0 Å². The molecule has 4 rings (SSSR count). The number of benzene rings is 2. The summed E-state index contributed by atoms with van der Waals surface area (Å²) in [5.74, 6) is 0.0454. The minimum absolute atomic E-state index is 0.113. The predicted octanol–water partition coefficient (Wildman–Crippen LogP) is 6.17. The molecule has 1 N–H and O–H groups in total. The summed E-state index contributed by atoms with van der Waals surface area (Å²) in [4.78, 5) is 31.8. The van der Waals surface area contributed by atoms with Crippen LogP contribution in [0.3, 0.4) is 0 Å². The van der Waals surface area contributed by atoms with E-state index in [0.29, 0.717) is 21.9 Å². The van der Waals surface area contributed by atoms with Crippen molar-refractivity contribution in [3.8, 4) is 11.1 Å². The van der Waals surface area contributed by atoms with E-state index in [0.717, 1.165) is 40.8 Å².